The Kier molecular flexibility index (Phi) is 6.83. The van der Waals surface area contributed by atoms with E-state index in [4.69, 9.17) is 21.6 Å². The molecule has 9 heteroatoms. The minimum absolute atomic E-state index is 0.335. The normalized spacial score (nSPS) is 11.3. The summed E-state index contributed by atoms with van der Waals surface area (Å²) in [4.78, 5) is 39.7. The van der Waals surface area contributed by atoms with E-state index in [0.29, 0.717) is 21.3 Å². The van der Waals surface area contributed by atoms with Crippen LogP contribution in [0.4, 0.5) is 0 Å². The molecule has 0 radical (unpaired) electrons. The fourth-order valence-corrected chi connectivity index (χ4v) is 2.90. The van der Waals surface area contributed by atoms with E-state index >= 15 is 0 Å². The van der Waals surface area contributed by atoms with E-state index < -0.39 is 36.7 Å². The highest BCUT2D eigenvalue weighted by atomic mass is 35.5. The first-order valence-corrected chi connectivity index (χ1v) is 8.70. The number of carbonyl (C=O) groups excluding carboxylic acids is 3. The summed E-state index contributed by atoms with van der Waals surface area (Å²) in [5.41, 5.74) is 1.04. The SMILES string of the molecule is Cc1csc([C@@H](C#N)C(=O)COC(=O)CNC(=O)c2ccc(Cl)cc2)n1. The van der Waals surface area contributed by atoms with E-state index in [1.54, 1.807) is 24.4 Å². The average Bonchev–Trinajstić information content (AvgIpc) is 3.05. The monoisotopic (exact) mass is 391 g/mol. The molecule has 1 amide bonds. The second-order valence-electron chi connectivity index (χ2n) is 5.21. The van der Waals surface area contributed by atoms with Crippen LogP contribution < -0.4 is 5.32 Å². The summed E-state index contributed by atoms with van der Waals surface area (Å²) in [5, 5.41) is 14.1. The van der Waals surface area contributed by atoms with E-state index in [9.17, 15) is 14.4 Å². The Morgan fingerprint density at radius 2 is 2.04 bits per heavy atom. The Bertz CT molecular complexity index is 858. The number of esters is 1. The number of hydrogen-bond acceptors (Lipinski definition) is 7. The van der Waals surface area contributed by atoms with Crippen molar-refractivity contribution in [2.24, 2.45) is 0 Å². The first kappa shape index (κ1) is 19.6. The summed E-state index contributed by atoms with van der Waals surface area (Å²) in [6.07, 6.45) is 0. The minimum atomic E-state index is -1.08. The third-order valence-electron chi connectivity index (χ3n) is 3.21. The third kappa shape index (κ3) is 5.37. The smallest absolute Gasteiger partial charge is 0.325 e. The molecule has 1 aromatic heterocycles. The highest BCUT2D eigenvalue weighted by molar-refractivity contribution is 7.09. The van der Waals surface area contributed by atoms with Gasteiger partial charge in [0.05, 0.1) is 6.07 Å². The summed E-state index contributed by atoms with van der Waals surface area (Å²) in [6.45, 7) is 0.789. The number of ether oxygens (including phenoxy) is 1. The summed E-state index contributed by atoms with van der Waals surface area (Å²) < 4.78 is 4.82. The van der Waals surface area contributed by atoms with Gasteiger partial charge < -0.3 is 10.1 Å². The molecular formula is C17H14ClN3O4S. The van der Waals surface area contributed by atoms with E-state index in [1.807, 2.05) is 6.07 Å². The van der Waals surface area contributed by atoms with Crippen LogP contribution in [0.15, 0.2) is 29.6 Å². The topological polar surface area (TPSA) is 109 Å². The van der Waals surface area contributed by atoms with Gasteiger partial charge in [-0.25, -0.2) is 4.98 Å². The molecule has 0 aliphatic rings. The molecule has 0 aliphatic carbocycles. The van der Waals surface area contributed by atoms with Crippen molar-refractivity contribution in [3.05, 3.63) is 50.9 Å². The summed E-state index contributed by atoms with van der Waals surface area (Å²) in [6, 6.07) is 7.99. The van der Waals surface area contributed by atoms with Gasteiger partial charge in [0.2, 0.25) is 0 Å². The van der Waals surface area contributed by atoms with Gasteiger partial charge in [-0.2, -0.15) is 5.26 Å². The fraction of sp³-hybridized carbons (Fsp3) is 0.235. The predicted molar refractivity (Wildman–Crippen MR) is 95.0 cm³/mol. The molecule has 0 saturated carbocycles. The number of nitrogens with one attached hydrogen (secondary N) is 1. The number of benzene rings is 1. The number of thiazole rings is 1. The molecule has 0 fully saturated rings. The molecule has 1 N–H and O–H groups in total. The van der Waals surface area contributed by atoms with Crippen molar-refractivity contribution in [2.75, 3.05) is 13.2 Å². The van der Waals surface area contributed by atoms with Gasteiger partial charge in [-0.3, -0.25) is 14.4 Å². The number of hydrogen-bond donors (Lipinski definition) is 1. The van der Waals surface area contributed by atoms with E-state index in [1.165, 1.54) is 23.5 Å². The maximum atomic E-state index is 12.0. The van der Waals surface area contributed by atoms with Crippen molar-refractivity contribution in [1.29, 1.82) is 5.26 Å². The quantitative estimate of drug-likeness (QED) is 0.725. The largest absolute Gasteiger partial charge is 0.456 e. The van der Waals surface area contributed by atoms with Crippen LogP contribution >= 0.6 is 22.9 Å². The van der Waals surface area contributed by atoms with Crippen molar-refractivity contribution in [3.8, 4) is 6.07 Å². The molecule has 0 spiro atoms. The molecule has 1 heterocycles. The molecule has 7 nitrogen and oxygen atoms in total. The van der Waals surface area contributed by atoms with Crippen LogP contribution in [0.5, 0.6) is 0 Å². The Balaban J connectivity index is 1.80. The number of nitrogens with zero attached hydrogens (tertiary/aromatic N) is 2. The van der Waals surface area contributed by atoms with Crippen molar-refractivity contribution in [1.82, 2.24) is 10.3 Å². The van der Waals surface area contributed by atoms with Gasteiger partial charge in [0, 0.05) is 21.7 Å². The van der Waals surface area contributed by atoms with Crippen molar-refractivity contribution in [3.63, 3.8) is 0 Å². The second kappa shape index (κ2) is 9.08. The Hall–Kier alpha value is -2.76. The highest BCUT2D eigenvalue weighted by Crippen LogP contribution is 2.20. The fourth-order valence-electron chi connectivity index (χ4n) is 1.91. The second-order valence-corrected chi connectivity index (χ2v) is 6.53. The van der Waals surface area contributed by atoms with Crippen LogP contribution in [0.1, 0.15) is 27.0 Å². The molecule has 2 aromatic rings. The molecule has 2 rings (SSSR count). The Morgan fingerprint density at radius 3 is 2.62 bits per heavy atom. The zero-order valence-electron chi connectivity index (χ0n) is 13.7. The Morgan fingerprint density at radius 1 is 1.35 bits per heavy atom. The highest BCUT2D eigenvalue weighted by Gasteiger charge is 2.24. The number of Topliss-reactive ketones (excluding diaryl/α,β-unsaturated/α-hetero) is 1. The molecule has 0 bridgehead atoms. The zero-order chi connectivity index (χ0) is 19.1. The third-order valence-corrected chi connectivity index (χ3v) is 4.49. The van der Waals surface area contributed by atoms with Crippen LogP contribution in [-0.4, -0.2) is 35.8 Å². The van der Waals surface area contributed by atoms with Crippen LogP contribution in [0.2, 0.25) is 5.02 Å². The molecule has 134 valence electrons. The first-order valence-electron chi connectivity index (χ1n) is 7.44. The lowest BCUT2D eigenvalue weighted by molar-refractivity contribution is -0.146. The van der Waals surface area contributed by atoms with Gasteiger partial charge in [0.25, 0.3) is 5.91 Å². The number of amides is 1. The van der Waals surface area contributed by atoms with Gasteiger partial charge in [-0.05, 0) is 31.2 Å². The van der Waals surface area contributed by atoms with Gasteiger partial charge in [0.1, 0.15) is 11.6 Å². The average molecular weight is 392 g/mol. The van der Waals surface area contributed by atoms with Gasteiger partial charge in [-0.15, -0.1) is 11.3 Å². The van der Waals surface area contributed by atoms with E-state index in [-0.39, 0.29) is 0 Å². The number of nitriles is 1. The maximum absolute atomic E-state index is 12.0. The lowest BCUT2D eigenvalue weighted by Gasteiger charge is -2.08. The predicted octanol–water partition coefficient (Wildman–Crippen LogP) is 2.25. The van der Waals surface area contributed by atoms with Gasteiger partial charge in [-0.1, -0.05) is 11.6 Å². The number of aromatic nitrogens is 1. The van der Waals surface area contributed by atoms with E-state index in [2.05, 4.69) is 10.3 Å². The molecule has 1 aromatic carbocycles. The first-order chi connectivity index (χ1) is 12.4. The number of carbonyl (C=O) groups is 3. The molecule has 0 saturated heterocycles. The molecule has 0 aliphatic heterocycles. The van der Waals surface area contributed by atoms with Gasteiger partial charge in [0.15, 0.2) is 18.3 Å². The minimum Gasteiger partial charge on any atom is -0.456 e. The lowest BCUT2D eigenvalue weighted by atomic mass is 10.1. The van der Waals surface area contributed by atoms with Crippen LogP contribution in [-0.2, 0) is 14.3 Å². The maximum Gasteiger partial charge on any atom is 0.325 e. The molecule has 1 atom stereocenters. The van der Waals surface area contributed by atoms with Gasteiger partial charge >= 0.3 is 5.97 Å². The summed E-state index contributed by atoms with van der Waals surface area (Å²) >= 11 is 6.93. The van der Waals surface area contributed by atoms with Crippen LogP contribution in [0, 0.1) is 18.3 Å². The zero-order valence-corrected chi connectivity index (χ0v) is 15.3. The number of ketones is 1. The number of rotatable bonds is 7. The Labute approximate surface area is 158 Å². The van der Waals surface area contributed by atoms with Crippen LogP contribution in [0.25, 0.3) is 0 Å². The standard InChI is InChI=1S/C17H14ClN3O4S/c1-10-9-26-17(21-10)13(6-19)14(22)8-25-15(23)7-20-16(24)11-2-4-12(18)5-3-11/h2-5,9,13H,7-8H2,1H3,(H,20,24)/t13-/m0/s1. The molecular weight excluding hydrogens is 378 g/mol. The molecule has 0 unspecified atom stereocenters. The summed E-state index contributed by atoms with van der Waals surface area (Å²) in [5.74, 6) is -2.91. The van der Waals surface area contributed by atoms with Crippen molar-refractivity contribution < 1.29 is 19.1 Å². The lowest BCUT2D eigenvalue weighted by Crippen LogP contribution is -2.32. The van der Waals surface area contributed by atoms with Crippen molar-refractivity contribution in [2.45, 2.75) is 12.8 Å². The van der Waals surface area contributed by atoms with Crippen molar-refractivity contribution >= 4 is 40.6 Å². The molecule has 26 heavy (non-hydrogen) atoms. The number of halogens is 1. The van der Waals surface area contributed by atoms with Crippen LogP contribution in [0.3, 0.4) is 0 Å². The number of aryl methyl sites for hydroxylation is 1. The summed E-state index contributed by atoms with van der Waals surface area (Å²) in [7, 11) is 0. The van der Waals surface area contributed by atoms with E-state index in [0.717, 1.165) is 0 Å².